The zero-order valence-corrected chi connectivity index (χ0v) is 14.9. The van der Waals surface area contributed by atoms with E-state index in [0.29, 0.717) is 0 Å². The van der Waals surface area contributed by atoms with E-state index < -0.39 is 17.5 Å². The molecular formula is C17H26N2O6. The second-order valence-corrected chi connectivity index (χ2v) is 6.02. The van der Waals surface area contributed by atoms with Gasteiger partial charge >= 0.3 is 11.9 Å². The first-order valence-electron chi connectivity index (χ1n) is 7.74. The lowest BCUT2D eigenvalue weighted by Gasteiger charge is -2.23. The van der Waals surface area contributed by atoms with Crippen molar-refractivity contribution in [2.75, 3.05) is 18.5 Å². The number of rotatable bonds is 6. The minimum Gasteiger partial charge on any atom is -0.473 e. The van der Waals surface area contributed by atoms with E-state index in [-0.39, 0.29) is 19.1 Å². The lowest BCUT2D eigenvalue weighted by Crippen LogP contribution is -2.46. The monoisotopic (exact) mass is 354 g/mol. The largest absolute Gasteiger partial charge is 0.473 e. The molecule has 5 N–H and O–H groups in total. The Balaban J connectivity index is 0.000000823. The van der Waals surface area contributed by atoms with Gasteiger partial charge in [-0.25, -0.2) is 9.59 Å². The summed E-state index contributed by atoms with van der Waals surface area (Å²) in [5.41, 5.74) is 2.65. The topological polar surface area (TPSA) is 136 Å². The molecule has 0 aliphatic rings. The lowest BCUT2D eigenvalue weighted by atomic mass is 10.1. The first-order valence-corrected chi connectivity index (χ1v) is 7.74. The van der Waals surface area contributed by atoms with Gasteiger partial charge in [-0.2, -0.15) is 0 Å². The number of nitrogens with one attached hydrogen (secondary N) is 2. The third kappa shape index (κ3) is 8.83. The molecule has 25 heavy (non-hydrogen) atoms. The fourth-order valence-corrected chi connectivity index (χ4v) is 1.76. The minimum atomic E-state index is -1.82. The first-order chi connectivity index (χ1) is 11.5. The van der Waals surface area contributed by atoms with Crippen LogP contribution < -0.4 is 10.6 Å². The Kier molecular flexibility index (Phi) is 9.40. The Hall–Kier alpha value is -2.45. The molecule has 0 aliphatic carbocycles. The summed E-state index contributed by atoms with van der Waals surface area (Å²) in [6.07, 6.45) is 0.882. The van der Waals surface area contributed by atoms with E-state index >= 15 is 0 Å². The zero-order valence-electron chi connectivity index (χ0n) is 14.9. The Morgan fingerprint density at radius 3 is 2.12 bits per heavy atom. The predicted octanol–water partition coefficient (Wildman–Crippen LogP) is 1.01. The molecule has 1 rings (SSSR count). The molecule has 0 saturated carbocycles. The Bertz CT molecular complexity index is 601. The number of amides is 1. The van der Waals surface area contributed by atoms with E-state index in [1.54, 1.807) is 0 Å². The van der Waals surface area contributed by atoms with Gasteiger partial charge in [-0.05, 0) is 38.3 Å². The standard InChI is InChI=1S/C15H24N2O2.C2H2O4/c1-5-12-8-6-7-11(2)14(12)17-13(19)9-16-15(3,4)10-18;3-1(4)2(5)6/h6-8,16,18H,5,9-10H2,1-4H3,(H,17,19);(H,3,4)(H,5,6). The number of aliphatic carboxylic acids is 2. The fraction of sp³-hybridized carbons (Fsp3) is 0.471. The van der Waals surface area contributed by atoms with E-state index in [1.165, 1.54) is 0 Å². The van der Waals surface area contributed by atoms with Gasteiger partial charge in [0.1, 0.15) is 0 Å². The SMILES string of the molecule is CCc1cccc(C)c1NC(=O)CNC(C)(C)CO.O=C(O)C(=O)O. The molecule has 0 aliphatic heterocycles. The molecule has 0 aromatic heterocycles. The van der Waals surface area contributed by atoms with Crippen molar-refractivity contribution in [3.05, 3.63) is 29.3 Å². The summed E-state index contributed by atoms with van der Waals surface area (Å²) in [5.74, 6) is -3.74. The lowest BCUT2D eigenvalue weighted by molar-refractivity contribution is -0.159. The van der Waals surface area contributed by atoms with Gasteiger partial charge in [0.05, 0.1) is 13.2 Å². The van der Waals surface area contributed by atoms with Gasteiger partial charge in [0.2, 0.25) is 5.91 Å². The van der Waals surface area contributed by atoms with E-state index in [9.17, 15) is 4.79 Å². The maximum absolute atomic E-state index is 11.9. The molecule has 1 amide bonds. The number of benzene rings is 1. The molecule has 1 aromatic carbocycles. The third-order valence-electron chi connectivity index (χ3n) is 3.31. The predicted molar refractivity (Wildman–Crippen MR) is 93.6 cm³/mol. The molecule has 0 unspecified atom stereocenters. The molecule has 8 nitrogen and oxygen atoms in total. The van der Waals surface area contributed by atoms with Crippen LogP contribution >= 0.6 is 0 Å². The molecule has 0 bridgehead atoms. The molecule has 0 spiro atoms. The average Bonchev–Trinajstić information content (AvgIpc) is 2.55. The number of hydrogen-bond acceptors (Lipinski definition) is 5. The highest BCUT2D eigenvalue weighted by atomic mass is 16.4. The highest BCUT2D eigenvalue weighted by molar-refractivity contribution is 6.27. The number of hydrogen-bond donors (Lipinski definition) is 5. The number of aliphatic hydroxyl groups excluding tert-OH is 1. The Morgan fingerprint density at radius 1 is 1.12 bits per heavy atom. The van der Waals surface area contributed by atoms with E-state index in [4.69, 9.17) is 24.9 Å². The van der Waals surface area contributed by atoms with Crippen molar-refractivity contribution in [2.24, 2.45) is 0 Å². The van der Waals surface area contributed by atoms with Crippen molar-refractivity contribution in [3.63, 3.8) is 0 Å². The third-order valence-corrected chi connectivity index (χ3v) is 3.31. The van der Waals surface area contributed by atoms with Crippen LogP contribution in [0.15, 0.2) is 18.2 Å². The van der Waals surface area contributed by atoms with Crippen molar-refractivity contribution < 1.29 is 29.7 Å². The smallest absolute Gasteiger partial charge is 0.414 e. The van der Waals surface area contributed by atoms with Crippen molar-refractivity contribution in [2.45, 2.75) is 39.7 Å². The summed E-state index contributed by atoms with van der Waals surface area (Å²) in [6.45, 7) is 7.93. The molecule has 0 fully saturated rings. The van der Waals surface area contributed by atoms with Crippen molar-refractivity contribution >= 4 is 23.5 Å². The fourth-order valence-electron chi connectivity index (χ4n) is 1.76. The molecule has 8 heteroatoms. The molecule has 140 valence electrons. The van der Waals surface area contributed by atoms with Crippen LogP contribution in [0.2, 0.25) is 0 Å². The van der Waals surface area contributed by atoms with Gasteiger partial charge in [-0.3, -0.25) is 4.79 Å². The second kappa shape index (κ2) is 10.4. The van der Waals surface area contributed by atoms with Crippen LogP contribution in [0, 0.1) is 6.92 Å². The van der Waals surface area contributed by atoms with E-state index in [1.807, 2.05) is 39.0 Å². The van der Waals surface area contributed by atoms with E-state index in [2.05, 4.69) is 17.6 Å². The van der Waals surface area contributed by atoms with Gasteiger partial charge in [-0.15, -0.1) is 0 Å². The number of carboxylic acid groups (broad SMARTS) is 2. The second-order valence-electron chi connectivity index (χ2n) is 6.02. The maximum atomic E-state index is 11.9. The summed E-state index contributed by atoms with van der Waals surface area (Å²) in [4.78, 5) is 30.1. The summed E-state index contributed by atoms with van der Waals surface area (Å²) < 4.78 is 0. The van der Waals surface area contributed by atoms with Crippen LogP contribution in [-0.4, -0.2) is 51.9 Å². The molecule has 0 saturated heterocycles. The van der Waals surface area contributed by atoms with Gasteiger partial charge < -0.3 is 26.0 Å². The van der Waals surface area contributed by atoms with Gasteiger partial charge in [0.15, 0.2) is 0 Å². The Labute approximate surface area is 146 Å². The number of aryl methyl sites for hydroxylation is 2. The Morgan fingerprint density at radius 2 is 1.68 bits per heavy atom. The van der Waals surface area contributed by atoms with Crippen LogP contribution in [0.3, 0.4) is 0 Å². The number of carboxylic acids is 2. The first kappa shape index (κ1) is 22.6. The number of carbonyl (C=O) groups is 3. The number of para-hydroxylation sites is 1. The zero-order chi connectivity index (χ0) is 19.6. The highest BCUT2D eigenvalue weighted by Gasteiger charge is 2.17. The van der Waals surface area contributed by atoms with Crippen LogP contribution in [0.4, 0.5) is 5.69 Å². The van der Waals surface area contributed by atoms with Gasteiger partial charge in [0, 0.05) is 11.2 Å². The quantitative estimate of drug-likeness (QED) is 0.481. The van der Waals surface area contributed by atoms with Crippen LogP contribution in [0.5, 0.6) is 0 Å². The number of carbonyl (C=O) groups excluding carboxylic acids is 1. The highest BCUT2D eigenvalue weighted by Crippen LogP contribution is 2.20. The summed E-state index contributed by atoms with van der Waals surface area (Å²) in [7, 11) is 0. The van der Waals surface area contributed by atoms with Crippen molar-refractivity contribution in [3.8, 4) is 0 Å². The van der Waals surface area contributed by atoms with Crippen LogP contribution in [0.1, 0.15) is 31.9 Å². The maximum Gasteiger partial charge on any atom is 0.414 e. The summed E-state index contributed by atoms with van der Waals surface area (Å²) in [6, 6.07) is 6.00. The summed E-state index contributed by atoms with van der Waals surface area (Å²) >= 11 is 0. The van der Waals surface area contributed by atoms with Gasteiger partial charge in [0.25, 0.3) is 0 Å². The summed E-state index contributed by atoms with van der Waals surface area (Å²) in [5, 5.41) is 29.9. The van der Waals surface area contributed by atoms with Crippen LogP contribution in [0.25, 0.3) is 0 Å². The van der Waals surface area contributed by atoms with Crippen LogP contribution in [-0.2, 0) is 20.8 Å². The average molecular weight is 354 g/mol. The van der Waals surface area contributed by atoms with Gasteiger partial charge in [-0.1, -0.05) is 25.1 Å². The number of anilines is 1. The molecular weight excluding hydrogens is 328 g/mol. The normalized spacial score (nSPS) is 10.4. The molecule has 0 radical (unpaired) electrons. The van der Waals surface area contributed by atoms with Crippen molar-refractivity contribution in [1.82, 2.24) is 5.32 Å². The molecule has 0 atom stereocenters. The molecule has 0 heterocycles. The number of aliphatic hydroxyl groups is 1. The minimum absolute atomic E-state index is 0.00907. The van der Waals surface area contributed by atoms with E-state index in [0.717, 1.165) is 23.2 Å². The molecule has 1 aromatic rings. The van der Waals surface area contributed by atoms with Crippen molar-refractivity contribution in [1.29, 1.82) is 0 Å².